The van der Waals surface area contributed by atoms with Gasteiger partial charge in [-0.2, -0.15) is 4.31 Å². The molecule has 0 aliphatic heterocycles. The van der Waals surface area contributed by atoms with Gasteiger partial charge in [-0.15, -0.1) is 0 Å². The van der Waals surface area contributed by atoms with Gasteiger partial charge in [0.15, 0.2) is 5.11 Å². The number of hydrogen-bond acceptors (Lipinski definition) is 4. The highest BCUT2D eigenvalue weighted by molar-refractivity contribution is 7.89. The summed E-state index contributed by atoms with van der Waals surface area (Å²) in [5.41, 5.74) is 1.59. The summed E-state index contributed by atoms with van der Waals surface area (Å²) in [6.45, 7) is 7.54. The molecule has 0 atom stereocenters. The lowest BCUT2D eigenvalue weighted by atomic mass is 10.2. The molecule has 0 radical (unpaired) electrons. The van der Waals surface area contributed by atoms with E-state index in [1.54, 1.807) is 25.3 Å². The zero-order valence-electron chi connectivity index (χ0n) is 14.0. The Labute approximate surface area is 144 Å². The second-order valence-corrected chi connectivity index (χ2v) is 7.29. The number of sulfonamides is 1. The minimum Gasteiger partial charge on any atom is -0.383 e. The van der Waals surface area contributed by atoms with Crippen LogP contribution >= 0.6 is 12.2 Å². The molecule has 1 aromatic carbocycles. The van der Waals surface area contributed by atoms with E-state index in [9.17, 15) is 8.42 Å². The van der Waals surface area contributed by atoms with Gasteiger partial charge in [0, 0.05) is 32.4 Å². The molecule has 6 nitrogen and oxygen atoms in total. The predicted octanol–water partition coefficient (Wildman–Crippen LogP) is 1.96. The minimum atomic E-state index is -3.49. The molecule has 0 unspecified atom stereocenters. The average molecular weight is 360 g/mol. The number of rotatable bonds is 8. The van der Waals surface area contributed by atoms with Crippen molar-refractivity contribution in [3.05, 3.63) is 23.8 Å². The molecule has 0 amide bonds. The molecular formula is C15H25N3O3S2. The normalized spacial score (nSPS) is 11.5. The quantitative estimate of drug-likeness (QED) is 0.546. The van der Waals surface area contributed by atoms with Crippen LogP contribution < -0.4 is 10.6 Å². The third kappa shape index (κ3) is 5.42. The summed E-state index contributed by atoms with van der Waals surface area (Å²) in [5, 5.41) is 6.47. The van der Waals surface area contributed by atoms with Crippen molar-refractivity contribution in [3.8, 4) is 0 Å². The van der Waals surface area contributed by atoms with Crippen LogP contribution in [0.3, 0.4) is 0 Å². The van der Waals surface area contributed by atoms with Crippen LogP contribution in [0.5, 0.6) is 0 Å². The van der Waals surface area contributed by atoms with Crippen LogP contribution in [-0.4, -0.2) is 51.2 Å². The van der Waals surface area contributed by atoms with Gasteiger partial charge >= 0.3 is 0 Å². The van der Waals surface area contributed by atoms with Crippen LogP contribution in [0.4, 0.5) is 5.69 Å². The SMILES string of the molecule is CCN(CC)S(=O)(=O)c1ccc(C)c(NC(=S)NCCOC)c1. The van der Waals surface area contributed by atoms with Gasteiger partial charge in [-0.3, -0.25) is 0 Å². The van der Waals surface area contributed by atoms with E-state index in [1.807, 2.05) is 20.8 Å². The fourth-order valence-electron chi connectivity index (χ4n) is 2.04. The third-order valence-corrected chi connectivity index (χ3v) is 5.68. The van der Waals surface area contributed by atoms with Crippen LogP contribution in [0.25, 0.3) is 0 Å². The van der Waals surface area contributed by atoms with Crippen LogP contribution in [0, 0.1) is 6.92 Å². The molecule has 0 aliphatic rings. The van der Waals surface area contributed by atoms with Crippen LogP contribution in [0.2, 0.25) is 0 Å². The Bertz CT molecular complexity index is 629. The largest absolute Gasteiger partial charge is 0.383 e. The molecule has 0 spiro atoms. The van der Waals surface area contributed by atoms with Gasteiger partial charge in [0.1, 0.15) is 0 Å². The Balaban J connectivity index is 2.97. The van der Waals surface area contributed by atoms with E-state index in [4.69, 9.17) is 17.0 Å². The van der Waals surface area contributed by atoms with Crippen molar-refractivity contribution in [3.63, 3.8) is 0 Å². The molecule has 0 aromatic heterocycles. The standard InChI is InChI=1S/C15H25N3O3S2/c1-5-18(6-2)23(19,20)13-8-7-12(3)14(11-13)17-15(22)16-9-10-21-4/h7-8,11H,5-6,9-10H2,1-4H3,(H2,16,17,22). The lowest BCUT2D eigenvalue weighted by Gasteiger charge is -2.20. The van der Waals surface area contributed by atoms with Gasteiger partial charge in [-0.05, 0) is 36.8 Å². The number of hydrogen-bond donors (Lipinski definition) is 2. The first-order valence-electron chi connectivity index (χ1n) is 7.51. The summed E-state index contributed by atoms with van der Waals surface area (Å²) in [5.74, 6) is 0. The second kappa shape index (κ2) is 9.17. The Kier molecular flexibility index (Phi) is 7.90. The van der Waals surface area contributed by atoms with Crippen LogP contribution in [0.1, 0.15) is 19.4 Å². The minimum absolute atomic E-state index is 0.258. The summed E-state index contributed by atoms with van der Waals surface area (Å²) in [6, 6.07) is 5.01. The molecule has 0 aliphatic carbocycles. The Morgan fingerprint density at radius 3 is 2.52 bits per heavy atom. The first-order chi connectivity index (χ1) is 10.9. The molecule has 130 valence electrons. The van der Waals surface area contributed by atoms with Gasteiger partial charge in [-0.25, -0.2) is 8.42 Å². The molecule has 23 heavy (non-hydrogen) atoms. The molecule has 0 saturated heterocycles. The molecule has 1 rings (SSSR count). The number of nitrogens with one attached hydrogen (secondary N) is 2. The summed E-state index contributed by atoms with van der Waals surface area (Å²) in [6.07, 6.45) is 0. The zero-order chi connectivity index (χ0) is 17.5. The first-order valence-corrected chi connectivity index (χ1v) is 9.36. The summed E-state index contributed by atoms with van der Waals surface area (Å²) in [4.78, 5) is 0.258. The van der Waals surface area contributed by atoms with Crippen molar-refractivity contribution in [2.24, 2.45) is 0 Å². The molecule has 0 fully saturated rings. The zero-order valence-corrected chi connectivity index (χ0v) is 15.7. The van der Waals surface area contributed by atoms with Crippen molar-refractivity contribution in [1.82, 2.24) is 9.62 Å². The number of methoxy groups -OCH3 is 1. The van der Waals surface area contributed by atoms with E-state index in [0.29, 0.717) is 37.0 Å². The summed E-state index contributed by atoms with van der Waals surface area (Å²) < 4.78 is 31.5. The maximum atomic E-state index is 12.6. The maximum absolute atomic E-state index is 12.6. The molecule has 0 bridgehead atoms. The van der Waals surface area contributed by atoms with E-state index in [1.165, 1.54) is 4.31 Å². The number of aryl methyl sites for hydroxylation is 1. The molecular weight excluding hydrogens is 334 g/mol. The number of nitrogens with zero attached hydrogens (tertiary/aromatic N) is 1. The summed E-state index contributed by atoms with van der Waals surface area (Å²) in [7, 11) is -1.87. The Hall–Kier alpha value is -1.22. The first kappa shape index (κ1) is 19.8. The molecule has 8 heteroatoms. The van der Waals surface area contributed by atoms with Crippen molar-refractivity contribution >= 4 is 33.0 Å². The van der Waals surface area contributed by atoms with E-state index in [-0.39, 0.29) is 4.90 Å². The summed E-state index contributed by atoms with van der Waals surface area (Å²) >= 11 is 5.21. The van der Waals surface area contributed by atoms with Crippen molar-refractivity contribution in [2.75, 3.05) is 38.7 Å². The average Bonchev–Trinajstić information content (AvgIpc) is 2.50. The molecule has 2 N–H and O–H groups in total. The second-order valence-electron chi connectivity index (χ2n) is 4.94. The maximum Gasteiger partial charge on any atom is 0.243 e. The van der Waals surface area contributed by atoms with E-state index < -0.39 is 10.0 Å². The fourth-order valence-corrected chi connectivity index (χ4v) is 3.74. The number of ether oxygens (including phenoxy) is 1. The fraction of sp³-hybridized carbons (Fsp3) is 0.533. The third-order valence-electron chi connectivity index (χ3n) is 3.39. The van der Waals surface area contributed by atoms with Crippen molar-refractivity contribution in [2.45, 2.75) is 25.7 Å². The van der Waals surface area contributed by atoms with Crippen molar-refractivity contribution < 1.29 is 13.2 Å². The lowest BCUT2D eigenvalue weighted by Crippen LogP contribution is -2.32. The number of thiocarbonyl (C=S) groups is 1. The van der Waals surface area contributed by atoms with Crippen molar-refractivity contribution in [1.29, 1.82) is 0 Å². The van der Waals surface area contributed by atoms with E-state index in [0.717, 1.165) is 5.56 Å². The molecule has 0 heterocycles. The highest BCUT2D eigenvalue weighted by Gasteiger charge is 2.22. The van der Waals surface area contributed by atoms with Gasteiger partial charge in [0.05, 0.1) is 11.5 Å². The van der Waals surface area contributed by atoms with Gasteiger partial charge < -0.3 is 15.4 Å². The highest BCUT2D eigenvalue weighted by Crippen LogP contribution is 2.22. The Morgan fingerprint density at radius 2 is 1.96 bits per heavy atom. The number of benzene rings is 1. The van der Waals surface area contributed by atoms with Crippen LogP contribution in [0.15, 0.2) is 23.1 Å². The van der Waals surface area contributed by atoms with E-state index in [2.05, 4.69) is 10.6 Å². The van der Waals surface area contributed by atoms with Gasteiger partial charge in [0.2, 0.25) is 10.0 Å². The smallest absolute Gasteiger partial charge is 0.243 e. The lowest BCUT2D eigenvalue weighted by molar-refractivity contribution is 0.204. The topological polar surface area (TPSA) is 70.7 Å². The Morgan fingerprint density at radius 1 is 1.30 bits per heavy atom. The van der Waals surface area contributed by atoms with Gasteiger partial charge in [0.25, 0.3) is 0 Å². The molecule has 0 saturated carbocycles. The van der Waals surface area contributed by atoms with Crippen LogP contribution in [-0.2, 0) is 14.8 Å². The number of anilines is 1. The monoisotopic (exact) mass is 359 g/mol. The highest BCUT2D eigenvalue weighted by atomic mass is 32.2. The molecule has 1 aromatic rings. The van der Waals surface area contributed by atoms with Gasteiger partial charge in [-0.1, -0.05) is 19.9 Å². The van der Waals surface area contributed by atoms with E-state index >= 15 is 0 Å². The predicted molar refractivity (Wildman–Crippen MR) is 97.4 cm³/mol.